The van der Waals surface area contributed by atoms with E-state index < -0.39 is 0 Å². The number of aromatic nitrogens is 1. The normalized spacial score (nSPS) is 21.2. The van der Waals surface area contributed by atoms with Crippen molar-refractivity contribution in [3.63, 3.8) is 0 Å². The number of aliphatic imine (C=N–C) groups is 1. The number of nitrogens with zero attached hydrogens (tertiary/aromatic N) is 3. The lowest BCUT2D eigenvalue weighted by atomic mass is 10.0. The molecule has 0 saturated carbocycles. The van der Waals surface area contributed by atoms with Gasteiger partial charge in [-0.3, -0.25) is 4.99 Å². The van der Waals surface area contributed by atoms with E-state index in [9.17, 15) is 0 Å². The first-order valence-electron chi connectivity index (χ1n) is 11.0. The number of morpholine rings is 1. The average molecular weight is 407 g/mol. The molecule has 0 radical (unpaired) electrons. The van der Waals surface area contributed by atoms with Gasteiger partial charge >= 0.3 is 0 Å². The summed E-state index contributed by atoms with van der Waals surface area (Å²) in [6.07, 6.45) is 5.25. The summed E-state index contributed by atoms with van der Waals surface area (Å²) in [7, 11) is 0. The molecular formula is C23H30N6O. The third-order valence-electron chi connectivity index (χ3n) is 6.06. The van der Waals surface area contributed by atoms with E-state index in [1.165, 1.54) is 29.7 Å². The summed E-state index contributed by atoms with van der Waals surface area (Å²) in [6, 6.07) is 11.2. The van der Waals surface area contributed by atoms with Crippen LogP contribution in [0, 0.1) is 0 Å². The molecule has 3 aliphatic rings. The Kier molecular flexibility index (Phi) is 5.81. The van der Waals surface area contributed by atoms with Crippen LogP contribution in [0.2, 0.25) is 0 Å². The van der Waals surface area contributed by atoms with Crippen molar-refractivity contribution >= 4 is 29.2 Å². The zero-order chi connectivity index (χ0) is 20.2. The van der Waals surface area contributed by atoms with Crippen LogP contribution in [-0.2, 0) is 17.7 Å². The second kappa shape index (κ2) is 9.02. The molecule has 7 nitrogen and oxygen atoms in total. The number of piperidine rings is 1. The maximum atomic E-state index is 5.46. The van der Waals surface area contributed by atoms with Crippen LogP contribution in [0.1, 0.15) is 24.0 Å². The molecule has 3 aliphatic heterocycles. The van der Waals surface area contributed by atoms with Gasteiger partial charge in [-0.15, -0.1) is 0 Å². The van der Waals surface area contributed by atoms with Gasteiger partial charge in [-0.25, -0.2) is 4.98 Å². The van der Waals surface area contributed by atoms with Crippen LogP contribution in [0.25, 0.3) is 0 Å². The average Bonchev–Trinajstić information content (AvgIpc) is 2.81. The minimum Gasteiger partial charge on any atom is -0.378 e. The Bertz CT molecular complexity index is 885. The smallest absolute Gasteiger partial charge is 0.138 e. The summed E-state index contributed by atoms with van der Waals surface area (Å²) in [5, 5.41) is 10.7. The second-order valence-electron chi connectivity index (χ2n) is 8.18. The highest BCUT2D eigenvalue weighted by atomic mass is 16.5. The van der Waals surface area contributed by atoms with Gasteiger partial charge in [-0.1, -0.05) is 0 Å². The Morgan fingerprint density at radius 3 is 2.80 bits per heavy atom. The van der Waals surface area contributed by atoms with Gasteiger partial charge in [-0.05, 0) is 55.3 Å². The Hall–Kier alpha value is -2.64. The number of rotatable bonds is 5. The highest BCUT2D eigenvalue weighted by Gasteiger charge is 2.18. The van der Waals surface area contributed by atoms with Crippen LogP contribution in [-0.4, -0.2) is 56.6 Å². The number of ether oxygens (including phenoxy) is 1. The quantitative estimate of drug-likeness (QED) is 0.709. The fourth-order valence-electron chi connectivity index (χ4n) is 4.38. The zero-order valence-electron chi connectivity index (χ0n) is 17.4. The molecule has 2 aromatic rings. The molecule has 30 heavy (non-hydrogen) atoms. The van der Waals surface area contributed by atoms with Crippen molar-refractivity contribution in [3.8, 4) is 0 Å². The van der Waals surface area contributed by atoms with Gasteiger partial charge in [0.1, 0.15) is 11.6 Å². The molecule has 0 amide bonds. The molecule has 1 aromatic carbocycles. The first-order valence-corrected chi connectivity index (χ1v) is 11.0. The van der Waals surface area contributed by atoms with E-state index >= 15 is 0 Å². The van der Waals surface area contributed by atoms with E-state index in [1.54, 1.807) is 0 Å². The Balaban J connectivity index is 1.35. The van der Waals surface area contributed by atoms with E-state index in [4.69, 9.17) is 9.72 Å². The second-order valence-corrected chi connectivity index (χ2v) is 8.18. The van der Waals surface area contributed by atoms with Crippen molar-refractivity contribution in [2.75, 3.05) is 54.9 Å². The lowest BCUT2D eigenvalue weighted by Gasteiger charge is -2.29. The molecule has 7 heteroatoms. The summed E-state index contributed by atoms with van der Waals surface area (Å²) in [6.45, 7) is 6.28. The van der Waals surface area contributed by atoms with Crippen molar-refractivity contribution < 1.29 is 4.74 Å². The summed E-state index contributed by atoms with van der Waals surface area (Å²) < 4.78 is 5.46. The third kappa shape index (κ3) is 4.42. The molecule has 1 aromatic heterocycles. The van der Waals surface area contributed by atoms with Gasteiger partial charge in [0.15, 0.2) is 0 Å². The largest absolute Gasteiger partial charge is 0.378 e. The zero-order valence-corrected chi connectivity index (χ0v) is 17.4. The van der Waals surface area contributed by atoms with Crippen LogP contribution in [0.15, 0.2) is 35.3 Å². The highest BCUT2D eigenvalue weighted by molar-refractivity contribution is 5.72. The summed E-state index contributed by atoms with van der Waals surface area (Å²) in [5.41, 5.74) is 4.79. The van der Waals surface area contributed by atoms with E-state index in [1.807, 2.05) is 6.21 Å². The monoisotopic (exact) mass is 406 g/mol. The first kappa shape index (κ1) is 19.3. The highest BCUT2D eigenvalue weighted by Crippen LogP contribution is 2.29. The van der Waals surface area contributed by atoms with E-state index in [0.29, 0.717) is 12.6 Å². The van der Waals surface area contributed by atoms with Gasteiger partial charge in [0.2, 0.25) is 0 Å². The minimum absolute atomic E-state index is 0.433. The molecule has 2 saturated heterocycles. The van der Waals surface area contributed by atoms with Gasteiger partial charge in [-0.2, -0.15) is 0 Å². The van der Waals surface area contributed by atoms with Gasteiger partial charge in [0.25, 0.3) is 0 Å². The van der Waals surface area contributed by atoms with Crippen LogP contribution in [0.4, 0.5) is 23.0 Å². The summed E-state index contributed by atoms with van der Waals surface area (Å²) in [4.78, 5) is 11.8. The molecule has 3 N–H and O–H groups in total. The topological polar surface area (TPSA) is 73.8 Å². The van der Waals surface area contributed by atoms with Crippen molar-refractivity contribution in [3.05, 3.63) is 41.5 Å². The molecule has 1 atom stereocenters. The predicted molar refractivity (Wildman–Crippen MR) is 122 cm³/mol. The van der Waals surface area contributed by atoms with Crippen LogP contribution in [0.3, 0.4) is 0 Å². The maximum absolute atomic E-state index is 5.46. The fraction of sp³-hybridized carbons (Fsp3) is 0.478. The fourth-order valence-corrected chi connectivity index (χ4v) is 4.38. The Morgan fingerprint density at radius 2 is 2.00 bits per heavy atom. The minimum atomic E-state index is 0.433. The molecule has 4 heterocycles. The molecular weight excluding hydrogens is 376 g/mol. The number of pyridine rings is 1. The van der Waals surface area contributed by atoms with E-state index in [0.717, 1.165) is 63.1 Å². The van der Waals surface area contributed by atoms with Gasteiger partial charge < -0.3 is 25.6 Å². The SMILES string of the molecule is C1=NCc2c(cc(N[C@@H]3CCCNC3)nc2Nc2ccc(N3CCOCC3)cc2)C1. The van der Waals surface area contributed by atoms with Crippen molar-refractivity contribution in [1.82, 2.24) is 10.3 Å². The van der Waals surface area contributed by atoms with E-state index in [-0.39, 0.29) is 0 Å². The summed E-state index contributed by atoms with van der Waals surface area (Å²) in [5.74, 6) is 1.86. The third-order valence-corrected chi connectivity index (χ3v) is 6.06. The van der Waals surface area contributed by atoms with Gasteiger partial charge in [0, 0.05) is 55.2 Å². The molecule has 2 fully saturated rings. The van der Waals surface area contributed by atoms with Crippen molar-refractivity contribution in [2.24, 2.45) is 4.99 Å². The number of benzene rings is 1. The number of nitrogens with one attached hydrogen (secondary N) is 3. The first-order chi connectivity index (χ1) is 14.8. The molecule has 0 unspecified atom stereocenters. The van der Waals surface area contributed by atoms with Crippen LogP contribution < -0.4 is 20.9 Å². The Labute approximate surface area is 177 Å². The van der Waals surface area contributed by atoms with Crippen molar-refractivity contribution in [1.29, 1.82) is 0 Å². The van der Waals surface area contributed by atoms with Crippen molar-refractivity contribution in [2.45, 2.75) is 31.8 Å². The molecule has 158 valence electrons. The maximum Gasteiger partial charge on any atom is 0.138 e. The number of hydrogen-bond donors (Lipinski definition) is 3. The molecule has 0 bridgehead atoms. The van der Waals surface area contributed by atoms with E-state index in [2.05, 4.69) is 56.2 Å². The lowest BCUT2D eigenvalue weighted by Crippen LogP contribution is -2.38. The standard InChI is InChI=1S/C23H30N6O/c1-2-19(15-24-8-1)26-22-14-17-7-9-25-16-21(17)23(28-22)27-18-3-5-20(6-4-18)29-10-12-30-13-11-29/h3-6,9,14,19,24H,1-2,7-8,10-13,15-16H2,(H2,26,27,28)/t19-/m1/s1. The van der Waals surface area contributed by atoms with Crippen LogP contribution >= 0.6 is 0 Å². The van der Waals surface area contributed by atoms with Crippen LogP contribution in [0.5, 0.6) is 0 Å². The molecule has 0 aliphatic carbocycles. The number of anilines is 4. The molecule has 0 spiro atoms. The number of hydrogen-bond acceptors (Lipinski definition) is 7. The van der Waals surface area contributed by atoms with Gasteiger partial charge in [0.05, 0.1) is 19.8 Å². The lowest BCUT2D eigenvalue weighted by molar-refractivity contribution is 0.122. The summed E-state index contributed by atoms with van der Waals surface area (Å²) >= 11 is 0. The Morgan fingerprint density at radius 1 is 1.13 bits per heavy atom. The number of fused-ring (bicyclic) bond motifs is 1. The molecule has 5 rings (SSSR count). The predicted octanol–water partition coefficient (Wildman–Crippen LogP) is 2.95.